The predicted molar refractivity (Wildman–Crippen MR) is 129 cm³/mol. The molecule has 0 fully saturated rings. The highest BCUT2D eigenvalue weighted by Gasteiger charge is 2.11. The van der Waals surface area contributed by atoms with Gasteiger partial charge in [-0.3, -0.25) is 0 Å². The van der Waals surface area contributed by atoms with Gasteiger partial charge >= 0.3 is 0 Å². The molecule has 170 valence electrons. The van der Waals surface area contributed by atoms with Crippen LogP contribution in [0.1, 0.15) is 148 Å². The van der Waals surface area contributed by atoms with E-state index in [9.17, 15) is 0 Å². The Morgan fingerprint density at radius 1 is 0.621 bits per heavy atom. The number of hydrogen-bond acceptors (Lipinski definition) is 1. The molecule has 0 aliphatic heterocycles. The number of hydrogen-bond donors (Lipinski definition) is 1. The van der Waals surface area contributed by atoms with Gasteiger partial charge in [-0.1, -0.05) is 142 Å². The molecule has 1 rings (SSSR count). The molecule has 0 saturated carbocycles. The highest BCUT2D eigenvalue weighted by Crippen LogP contribution is 2.22. The largest absolute Gasteiger partial charge is 0.349 e. The standard InChI is InChI=1S/C27H52N2/c1-3-5-7-9-11-13-14-16-18-20-22-26(25-27-28-23-24-29-27)21-19-17-15-12-10-8-6-4-2/h23-24,26H,3-22,25H2,1-2H3,(H,28,29). The van der Waals surface area contributed by atoms with Crippen LogP contribution >= 0.6 is 0 Å². The summed E-state index contributed by atoms with van der Waals surface area (Å²) in [5, 5.41) is 0. The van der Waals surface area contributed by atoms with Gasteiger partial charge in [-0.2, -0.15) is 0 Å². The fourth-order valence-electron chi connectivity index (χ4n) is 4.52. The van der Waals surface area contributed by atoms with Crippen LogP contribution in [-0.4, -0.2) is 9.97 Å². The summed E-state index contributed by atoms with van der Waals surface area (Å²) in [7, 11) is 0. The molecule has 1 N–H and O–H groups in total. The van der Waals surface area contributed by atoms with Crippen molar-refractivity contribution in [3.05, 3.63) is 18.2 Å². The zero-order valence-corrected chi connectivity index (χ0v) is 20.0. The Balaban J connectivity index is 2.07. The monoisotopic (exact) mass is 404 g/mol. The van der Waals surface area contributed by atoms with Gasteiger partial charge in [-0.05, 0) is 5.92 Å². The molecule has 1 heterocycles. The van der Waals surface area contributed by atoms with Gasteiger partial charge in [0, 0.05) is 18.8 Å². The van der Waals surface area contributed by atoms with E-state index in [2.05, 4.69) is 23.8 Å². The van der Waals surface area contributed by atoms with E-state index in [4.69, 9.17) is 0 Å². The van der Waals surface area contributed by atoms with Gasteiger partial charge in [0.25, 0.3) is 0 Å². The number of unbranched alkanes of at least 4 members (excludes halogenated alkanes) is 16. The summed E-state index contributed by atoms with van der Waals surface area (Å²) in [5.41, 5.74) is 0. The van der Waals surface area contributed by atoms with Gasteiger partial charge < -0.3 is 4.98 Å². The Kier molecular flexibility index (Phi) is 18.5. The maximum atomic E-state index is 4.49. The first-order valence-electron chi connectivity index (χ1n) is 13.3. The maximum Gasteiger partial charge on any atom is 0.106 e. The van der Waals surface area contributed by atoms with E-state index >= 15 is 0 Å². The van der Waals surface area contributed by atoms with E-state index in [0.29, 0.717) is 0 Å². The lowest BCUT2D eigenvalue weighted by Gasteiger charge is -2.16. The fourth-order valence-corrected chi connectivity index (χ4v) is 4.52. The van der Waals surface area contributed by atoms with E-state index in [0.717, 1.165) is 12.3 Å². The second-order valence-electron chi connectivity index (χ2n) is 9.34. The number of imidazole rings is 1. The number of rotatable bonds is 22. The minimum absolute atomic E-state index is 0.829. The molecule has 0 saturated heterocycles. The first-order chi connectivity index (χ1) is 14.4. The average molecular weight is 405 g/mol. The van der Waals surface area contributed by atoms with Crippen LogP contribution in [0.5, 0.6) is 0 Å². The summed E-state index contributed by atoms with van der Waals surface area (Å²) in [6.07, 6.45) is 33.6. The highest BCUT2D eigenvalue weighted by molar-refractivity contribution is 4.89. The third-order valence-corrected chi connectivity index (χ3v) is 6.47. The van der Waals surface area contributed by atoms with Crippen molar-refractivity contribution in [2.24, 2.45) is 5.92 Å². The third kappa shape index (κ3) is 16.7. The third-order valence-electron chi connectivity index (χ3n) is 6.47. The van der Waals surface area contributed by atoms with Crippen molar-refractivity contribution in [2.75, 3.05) is 0 Å². The zero-order valence-electron chi connectivity index (χ0n) is 20.0. The molecule has 2 heteroatoms. The molecular weight excluding hydrogens is 352 g/mol. The van der Waals surface area contributed by atoms with Crippen molar-refractivity contribution in [1.29, 1.82) is 0 Å². The van der Waals surface area contributed by atoms with Crippen molar-refractivity contribution >= 4 is 0 Å². The first-order valence-corrected chi connectivity index (χ1v) is 13.3. The second kappa shape index (κ2) is 20.5. The topological polar surface area (TPSA) is 28.7 Å². The number of nitrogens with zero attached hydrogens (tertiary/aromatic N) is 1. The fraction of sp³-hybridized carbons (Fsp3) is 0.889. The lowest BCUT2D eigenvalue weighted by Crippen LogP contribution is -2.06. The number of H-pyrrole nitrogens is 1. The predicted octanol–water partition coefficient (Wildman–Crippen LogP) is 9.41. The van der Waals surface area contributed by atoms with Crippen LogP contribution in [0.15, 0.2) is 12.4 Å². The number of nitrogens with one attached hydrogen (secondary N) is 1. The Bertz CT molecular complexity index is 412. The molecule has 1 unspecified atom stereocenters. The molecule has 0 aliphatic carbocycles. The van der Waals surface area contributed by atoms with Crippen molar-refractivity contribution < 1.29 is 0 Å². The number of aromatic nitrogens is 2. The molecule has 0 radical (unpaired) electrons. The molecule has 0 aliphatic rings. The maximum absolute atomic E-state index is 4.49. The lowest BCUT2D eigenvalue weighted by atomic mass is 9.91. The summed E-state index contributed by atoms with van der Waals surface area (Å²) in [4.78, 5) is 7.81. The zero-order chi connectivity index (χ0) is 20.8. The molecule has 29 heavy (non-hydrogen) atoms. The average Bonchev–Trinajstić information content (AvgIpc) is 3.24. The minimum Gasteiger partial charge on any atom is -0.349 e. The summed E-state index contributed by atoms with van der Waals surface area (Å²) in [6, 6.07) is 0. The van der Waals surface area contributed by atoms with E-state index in [1.54, 1.807) is 0 Å². The summed E-state index contributed by atoms with van der Waals surface area (Å²) in [6.45, 7) is 4.60. The minimum atomic E-state index is 0.829. The van der Waals surface area contributed by atoms with Crippen LogP contribution in [0.25, 0.3) is 0 Å². The van der Waals surface area contributed by atoms with Gasteiger partial charge in [0.1, 0.15) is 5.82 Å². The molecule has 0 amide bonds. The molecule has 0 bridgehead atoms. The summed E-state index contributed by atoms with van der Waals surface area (Å²) >= 11 is 0. The van der Waals surface area contributed by atoms with Crippen molar-refractivity contribution in [1.82, 2.24) is 9.97 Å². The Morgan fingerprint density at radius 3 is 1.41 bits per heavy atom. The van der Waals surface area contributed by atoms with Gasteiger partial charge in [0.05, 0.1) is 0 Å². The van der Waals surface area contributed by atoms with E-state index in [-0.39, 0.29) is 0 Å². The smallest absolute Gasteiger partial charge is 0.106 e. The molecule has 0 spiro atoms. The highest BCUT2D eigenvalue weighted by atomic mass is 14.9. The second-order valence-corrected chi connectivity index (χ2v) is 9.34. The molecule has 2 nitrogen and oxygen atoms in total. The van der Waals surface area contributed by atoms with Crippen molar-refractivity contribution in [3.8, 4) is 0 Å². The van der Waals surface area contributed by atoms with Gasteiger partial charge in [-0.25, -0.2) is 4.98 Å². The molecule has 1 aromatic rings. The Labute approximate surface area is 183 Å². The summed E-state index contributed by atoms with van der Waals surface area (Å²) in [5.74, 6) is 2.02. The van der Waals surface area contributed by atoms with Gasteiger partial charge in [0.15, 0.2) is 0 Å². The van der Waals surface area contributed by atoms with Crippen LogP contribution in [0.2, 0.25) is 0 Å². The van der Waals surface area contributed by atoms with Crippen molar-refractivity contribution in [2.45, 2.75) is 149 Å². The van der Waals surface area contributed by atoms with Crippen LogP contribution in [0.3, 0.4) is 0 Å². The van der Waals surface area contributed by atoms with E-state index in [1.165, 1.54) is 134 Å². The summed E-state index contributed by atoms with van der Waals surface area (Å²) < 4.78 is 0. The van der Waals surface area contributed by atoms with Crippen LogP contribution < -0.4 is 0 Å². The van der Waals surface area contributed by atoms with E-state index in [1.807, 2.05) is 12.4 Å². The first kappa shape index (κ1) is 26.2. The van der Waals surface area contributed by atoms with Gasteiger partial charge in [-0.15, -0.1) is 0 Å². The lowest BCUT2D eigenvalue weighted by molar-refractivity contribution is 0.394. The molecular formula is C27H52N2. The van der Waals surface area contributed by atoms with Crippen LogP contribution in [-0.2, 0) is 6.42 Å². The Morgan fingerprint density at radius 2 is 1.03 bits per heavy atom. The molecule has 0 aromatic carbocycles. The quantitative estimate of drug-likeness (QED) is 0.191. The molecule has 1 aromatic heterocycles. The normalized spacial score (nSPS) is 12.5. The van der Waals surface area contributed by atoms with Gasteiger partial charge in [0.2, 0.25) is 0 Å². The number of aromatic amines is 1. The van der Waals surface area contributed by atoms with Crippen LogP contribution in [0, 0.1) is 5.92 Å². The van der Waals surface area contributed by atoms with E-state index < -0.39 is 0 Å². The van der Waals surface area contributed by atoms with Crippen LogP contribution in [0.4, 0.5) is 0 Å². The molecule has 1 atom stereocenters. The Hall–Kier alpha value is -0.790. The SMILES string of the molecule is CCCCCCCCCCCCC(CCCCCCCCCC)Cc1ncc[nH]1. The van der Waals surface area contributed by atoms with Crippen molar-refractivity contribution in [3.63, 3.8) is 0 Å².